The van der Waals surface area contributed by atoms with E-state index in [9.17, 15) is 5.11 Å². The maximum absolute atomic E-state index is 9.41. The average molecular weight is 154 g/mol. The highest BCUT2D eigenvalue weighted by Gasteiger charge is 2.36. The Kier molecular flexibility index (Phi) is 2.26. The van der Waals surface area contributed by atoms with Gasteiger partial charge in [0.15, 0.2) is 0 Å². The van der Waals surface area contributed by atoms with E-state index in [0.29, 0.717) is 11.7 Å². The SMILES string of the molecule is C=C(O)[C@@]1(C)CCCCC1C. The zero-order valence-corrected chi connectivity index (χ0v) is 7.56. The summed E-state index contributed by atoms with van der Waals surface area (Å²) in [6.07, 6.45) is 4.88. The number of aliphatic hydroxyl groups is 1. The van der Waals surface area contributed by atoms with Gasteiger partial charge in [0.05, 0.1) is 5.76 Å². The van der Waals surface area contributed by atoms with Crippen LogP contribution in [0.25, 0.3) is 0 Å². The molecule has 2 atom stereocenters. The van der Waals surface area contributed by atoms with Gasteiger partial charge in [-0.25, -0.2) is 0 Å². The minimum Gasteiger partial charge on any atom is -0.512 e. The number of aliphatic hydroxyl groups excluding tert-OH is 1. The van der Waals surface area contributed by atoms with Crippen molar-refractivity contribution >= 4 is 0 Å². The lowest BCUT2D eigenvalue weighted by Crippen LogP contribution is -2.30. The summed E-state index contributed by atoms with van der Waals surface area (Å²) in [5, 5.41) is 9.41. The number of allylic oxidation sites excluding steroid dienone is 1. The van der Waals surface area contributed by atoms with Gasteiger partial charge in [0.1, 0.15) is 0 Å². The second-order valence-corrected chi connectivity index (χ2v) is 4.01. The van der Waals surface area contributed by atoms with Crippen LogP contribution in [-0.4, -0.2) is 5.11 Å². The molecule has 0 heterocycles. The van der Waals surface area contributed by atoms with Crippen LogP contribution in [0, 0.1) is 11.3 Å². The average Bonchev–Trinajstić information content (AvgIpc) is 1.95. The minimum atomic E-state index is -0.00174. The first kappa shape index (κ1) is 8.63. The molecule has 64 valence electrons. The lowest BCUT2D eigenvalue weighted by Gasteiger charge is -2.38. The Morgan fingerprint density at radius 2 is 2.18 bits per heavy atom. The first-order valence-electron chi connectivity index (χ1n) is 4.45. The number of hydrogen-bond donors (Lipinski definition) is 1. The third kappa shape index (κ3) is 1.42. The highest BCUT2D eigenvalue weighted by Crippen LogP contribution is 2.44. The molecule has 0 aromatic carbocycles. The zero-order valence-electron chi connectivity index (χ0n) is 7.56. The Morgan fingerprint density at radius 1 is 1.55 bits per heavy atom. The molecule has 0 aromatic heterocycles. The molecule has 1 nitrogen and oxygen atoms in total. The Hall–Kier alpha value is -0.460. The van der Waals surface area contributed by atoms with Crippen molar-refractivity contribution in [2.75, 3.05) is 0 Å². The summed E-state index contributed by atoms with van der Waals surface area (Å²) in [7, 11) is 0. The van der Waals surface area contributed by atoms with E-state index < -0.39 is 0 Å². The van der Waals surface area contributed by atoms with Gasteiger partial charge in [-0.05, 0) is 18.8 Å². The smallest absolute Gasteiger partial charge is 0.0912 e. The monoisotopic (exact) mass is 154 g/mol. The fraction of sp³-hybridized carbons (Fsp3) is 0.800. The Bertz CT molecular complexity index is 162. The summed E-state index contributed by atoms with van der Waals surface area (Å²) < 4.78 is 0. The van der Waals surface area contributed by atoms with E-state index in [4.69, 9.17) is 0 Å². The molecule has 1 saturated carbocycles. The van der Waals surface area contributed by atoms with Crippen LogP contribution in [0.2, 0.25) is 0 Å². The molecule has 1 aliphatic rings. The molecular weight excluding hydrogens is 136 g/mol. The van der Waals surface area contributed by atoms with Crippen molar-refractivity contribution in [2.24, 2.45) is 11.3 Å². The molecule has 1 fully saturated rings. The molecule has 1 heteroatoms. The Balaban J connectivity index is 2.72. The van der Waals surface area contributed by atoms with Gasteiger partial charge in [-0.1, -0.05) is 33.3 Å². The van der Waals surface area contributed by atoms with Crippen molar-refractivity contribution in [2.45, 2.75) is 39.5 Å². The fourth-order valence-corrected chi connectivity index (χ4v) is 1.94. The van der Waals surface area contributed by atoms with E-state index in [2.05, 4.69) is 20.4 Å². The van der Waals surface area contributed by atoms with Crippen molar-refractivity contribution in [3.8, 4) is 0 Å². The normalized spacial score (nSPS) is 38.5. The molecule has 0 aromatic rings. The molecule has 0 saturated heterocycles. The summed E-state index contributed by atoms with van der Waals surface area (Å²) >= 11 is 0. The molecule has 1 aliphatic carbocycles. The van der Waals surface area contributed by atoms with E-state index in [-0.39, 0.29) is 5.41 Å². The van der Waals surface area contributed by atoms with Gasteiger partial charge < -0.3 is 5.11 Å². The standard InChI is InChI=1S/C10H18O/c1-8-6-4-5-7-10(8,3)9(2)11/h8,11H,2,4-7H2,1,3H3/t8?,10-/m0/s1. The topological polar surface area (TPSA) is 20.2 Å². The van der Waals surface area contributed by atoms with Crippen LogP contribution in [0.15, 0.2) is 12.3 Å². The first-order valence-corrected chi connectivity index (χ1v) is 4.45. The van der Waals surface area contributed by atoms with Crippen molar-refractivity contribution in [3.05, 3.63) is 12.3 Å². The summed E-state index contributed by atoms with van der Waals surface area (Å²) in [5.41, 5.74) is -0.00174. The number of hydrogen-bond acceptors (Lipinski definition) is 1. The highest BCUT2D eigenvalue weighted by atomic mass is 16.3. The lowest BCUT2D eigenvalue weighted by molar-refractivity contribution is 0.113. The van der Waals surface area contributed by atoms with Crippen LogP contribution < -0.4 is 0 Å². The molecule has 1 unspecified atom stereocenters. The second kappa shape index (κ2) is 2.88. The van der Waals surface area contributed by atoms with E-state index in [1.165, 1.54) is 19.3 Å². The second-order valence-electron chi connectivity index (χ2n) is 4.01. The predicted molar refractivity (Wildman–Crippen MR) is 47.5 cm³/mol. The molecule has 0 spiro atoms. The van der Waals surface area contributed by atoms with E-state index >= 15 is 0 Å². The van der Waals surface area contributed by atoms with Gasteiger partial charge >= 0.3 is 0 Å². The van der Waals surface area contributed by atoms with Gasteiger partial charge in [0.25, 0.3) is 0 Å². The highest BCUT2D eigenvalue weighted by molar-refractivity contribution is 5.03. The van der Waals surface area contributed by atoms with E-state index in [1.807, 2.05) is 0 Å². The lowest BCUT2D eigenvalue weighted by atomic mass is 9.67. The van der Waals surface area contributed by atoms with Gasteiger partial charge in [-0.2, -0.15) is 0 Å². The van der Waals surface area contributed by atoms with Gasteiger partial charge in [0.2, 0.25) is 0 Å². The van der Waals surface area contributed by atoms with Gasteiger partial charge in [0, 0.05) is 5.41 Å². The molecule has 0 radical (unpaired) electrons. The van der Waals surface area contributed by atoms with Crippen LogP contribution in [0.3, 0.4) is 0 Å². The molecule has 11 heavy (non-hydrogen) atoms. The van der Waals surface area contributed by atoms with E-state index in [0.717, 1.165) is 6.42 Å². The summed E-state index contributed by atoms with van der Waals surface area (Å²) in [5.74, 6) is 0.971. The first-order chi connectivity index (χ1) is 5.07. The number of rotatable bonds is 1. The van der Waals surface area contributed by atoms with Gasteiger partial charge in [-0.15, -0.1) is 0 Å². The molecule has 0 bridgehead atoms. The minimum absolute atomic E-state index is 0.00174. The van der Waals surface area contributed by atoms with Crippen LogP contribution in [-0.2, 0) is 0 Å². The molecule has 0 aliphatic heterocycles. The Morgan fingerprint density at radius 3 is 2.55 bits per heavy atom. The summed E-state index contributed by atoms with van der Waals surface area (Å²) in [6.45, 7) is 7.99. The van der Waals surface area contributed by atoms with Crippen molar-refractivity contribution in [1.82, 2.24) is 0 Å². The summed E-state index contributed by atoms with van der Waals surface area (Å²) in [6, 6.07) is 0. The largest absolute Gasteiger partial charge is 0.512 e. The van der Waals surface area contributed by atoms with Crippen molar-refractivity contribution in [1.29, 1.82) is 0 Å². The van der Waals surface area contributed by atoms with Crippen molar-refractivity contribution < 1.29 is 5.11 Å². The molecule has 1 N–H and O–H groups in total. The molecule has 0 amide bonds. The third-order valence-corrected chi connectivity index (χ3v) is 3.33. The zero-order chi connectivity index (χ0) is 8.48. The van der Waals surface area contributed by atoms with Crippen molar-refractivity contribution in [3.63, 3.8) is 0 Å². The molecular formula is C10H18O. The maximum atomic E-state index is 9.41. The Labute approximate surface area is 69.1 Å². The van der Waals surface area contributed by atoms with Crippen LogP contribution in [0.4, 0.5) is 0 Å². The third-order valence-electron chi connectivity index (χ3n) is 3.33. The van der Waals surface area contributed by atoms with Crippen LogP contribution in [0.5, 0.6) is 0 Å². The van der Waals surface area contributed by atoms with Crippen LogP contribution >= 0.6 is 0 Å². The fourth-order valence-electron chi connectivity index (χ4n) is 1.94. The maximum Gasteiger partial charge on any atom is 0.0912 e. The summed E-state index contributed by atoms with van der Waals surface area (Å²) in [4.78, 5) is 0. The molecule has 1 rings (SSSR count). The van der Waals surface area contributed by atoms with Crippen LogP contribution in [0.1, 0.15) is 39.5 Å². The predicted octanol–water partition coefficient (Wildman–Crippen LogP) is 3.27. The van der Waals surface area contributed by atoms with E-state index in [1.54, 1.807) is 0 Å². The van der Waals surface area contributed by atoms with Gasteiger partial charge in [-0.3, -0.25) is 0 Å². The quantitative estimate of drug-likeness (QED) is 0.575.